The fourth-order valence-electron chi connectivity index (χ4n) is 1.17. The molecule has 0 fully saturated rings. The number of nitriles is 1. The molecule has 0 bridgehead atoms. The average Bonchev–Trinajstić information content (AvgIpc) is 2.36. The smallest absolute Gasteiger partial charge is 0.227 e. The first-order valence-electron chi connectivity index (χ1n) is 5.15. The fourth-order valence-corrected chi connectivity index (χ4v) is 1.93. The SMILES string of the molecule is CC(C#N)S(=O)(=O)NCc1ccc(CN)cc1. The van der Waals surface area contributed by atoms with Crippen molar-refractivity contribution in [3.05, 3.63) is 35.4 Å². The number of rotatable bonds is 5. The van der Waals surface area contributed by atoms with Crippen molar-refractivity contribution < 1.29 is 8.42 Å². The van der Waals surface area contributed by atoms with E-state index in [0.717, 1.165) is 11.1 Å². The summed E-state index contributed by atoms with van der Waals surface area (Å²) in [6.45, 7) is 1.98. The van der Waals surface area contributed by atoms with Crippen LogP contribution in [0.5, 0.6) is 0 Å². The van der Waals surface area contributed by atoms with Crippen LogP contribution in [0.15, 0.2) is 24.3 Å². The number of nitrogens with zero attached hydrogens (tertiary/aromatic N) is 1. The largest absolute Gasteiger partial charge is 0.326 e. The first-order chi connectivity index (χ1) is 7.99. The molecule has 0 saturated heterocycles. The minimum atomic E-state index is -3.56. The van der Waals surface area contributed by atoms with Gasteiger partial charge in [-0.1, -0.05) is 24.3 Å². The van der Waals surface area contributed by atoms with Gasteiger partial charge in [0, 0.05) is 13.1 Å². The molecule has 92 valence electrons. The molecule has 0 spiro atoms. The molecule has 17 heavy (non-hydrogen) atoms. The van der Waals surface area contributed by atoms with Crippen molar-refractivity contribution >= 4 is 10.0 Å². The van der Waals surface area contributed by atoms with E-state index in [9.17, 15) is 8.42 Å². The lowest BCUT2D eigenvalue weighted by Crippen LogP contribution is -2.31. The Morgan fingerprint density at radius 2 is 1.88 bits per heavy atom. The van der Waals surface area contributed by atoms with Crippen molar-refractivity contribution in [2.24, 2.45) is 5.73 Å². The van der Waals surface area contributed by atoms with Gasteiger partial charge in [0.15, 0.2) is 5.25 Å². The van der Waals surface area contributed by atoms with E-state index in [2.05, 4.69) is 4.72 Å². The van der Waals surface area contributed by atoms with Crippen LogP contribution in [0.25, 0.3) is 0 Å². The Morgan fingerprint density at radius 1 is 1.35 bits per heavy atom. The van der Waals surface area contributed by atoms with Gasteiger partial charge in [0.1, 0.15) is 0 Å². The molecule has 1 unspecified atom stereocenters. The maximum absolute atomic E-state index is 11.5. The molecule has 1 aromatic rings. The zero-order chi connectivity index (χ0) is 12.9. The van der Waals surface area contributed by atoms with E-state index in [1.807, 2.05) is 24.3 Å². The number of nitrogens with two attached hydrogens (primary N) is 1. The number of hydrogen-bond donors (Lipinski definition) is 2. The van der Waals surface area contributed by atoms with E-state index in [1.165, 1.54) is 6.92 Å². The Labute approximate surface area is 101 Å². The molecule has 0 aromatic heterocycles. The van der Waals surface area contributed by atoms with Crippen LogP contribution in [-0.4, -0.2) is 13.7 Å². The second-order valence-electron chi connectivity index (χ2n) is 3.66. The second-order valence-corrected chi connectivity index (χ2v) is 5.74. The third kappa shape index (κ3) is 3.82. The van der Waals surface area contributed by atoms with E-state index >= 15 is 0 Å². The van der Waals surface area contributed by atoms with Crippen LogP contribution >= 0.6 is 0 Å². The molecule has 5 nitrogen and oxygen atoms in total. The Balaban J connectivity index is 2.65. The summed E-state index contributed by atoms with van der Waals surface area (Å²) in [5, 5.41) is 7.50. The molecule has 0 radical (unpaired) electrons. The molecule has 1 rings (SSSR count). The number of benzene rings is 1. The summed E-state index contributed by atoms with van der Waals surface area (Å²) in [7, 11) is -3.56. The summed E-state index contributed by atoms with van der Waals surface area (Å²) in [4.78, 5) is 0. The van der Waals surface area contributed by atoms with Crippen molar-refractivity contribution in [1.82, 2.24) is 4.72 Å². The first-order valence-corrected chi connectivity index (χ1v) is 6.70. The van der Waals surface area contributed by atoms with Gasteiger partial charge in [-0.15, -0.1) is 0 Å². The highest BCUT2D eigenvalue weighted by atomic mass is 32.2. The highest BCUT2D eigenvalue weighted by molar-refractivity contribution is 7.90. The summed E-state index contributed by atoms with van der Waals surface area (Å²) < 4.78 is 25.4. The van der Waals surface area contributed by atoms with Crippen molar-refractivity contribution in [3.8, 4) is 6.07 Å². The van der Waals surface area contributed by atoms with E-state index in [4.69, 9.17) is 11.0 Å². The predicted molar refractivity (Wildman–Crippen MR) is 65.2 cm³/mol. The fraction of sp³-hybridized carbons (Fsp3) is 0.364. The maximum atomic E-state index is 11.5. The molecule has 0 aliphatic heterocycles. The Kier molecular flexibility index (Phi) is 4.63. The molecule has 0 amide bonds. The number of hydrogen-bond acceptors (Lipinski definition) is 4. The topological polar surface area (TPSA) is 96.0 Å². The lowest BCUT2D eigenvalue weighted by Gasteiger charge is -2.08. The minimum absolute atomic E-state index is 0.180. The van der Waals surface area contributed by atoms with Gasteiger partial charge >= 0.3 is 0 Å². The van der Waals surface area contributed by atoms with Gasteiger partial charge in [-0.25, -0.2) is 13.1 Å². The van der Waals surface area contributed by atoms with E-state index in [0.29, 0.717) is 6.54 Å². The average molecular weight is 253 g/mol. The third-order valence-corrected chi connectivity index (χ3v) is 3.97. The van der Waals surface area contributed by atoms with Crippen LogP contribution in [0.1, 0.15) is 18.1 Å². The van der Waals surface area contributed by atoms with Crippen molar-refractivity contribution in [2.45, 2.75) is 25.3 Å². The molecular formula is C11H15N3O2S. The van der Waals surface area contributed by atoms with Crippen LogP contribution in [0.3, 0.4) is 0 Å². The summed E-state index contributed by atoms with van der Waals surface area (Å²) in [6, 6.07) is 9.00. The summed E-state index contributed by atoms with van der Waals surface area (Å²) in [6.07, 6.45) is 0. The van der Waals surface area contributed by atoms with Crippen molar-refractivity contribution in [3.63, 3.8) is 0 Å². The van der Waals surface area contributed by atoms with Crippen LogP contribution < -0.4 is 10.5 Å². The molecular weight excluding hydrogens is 238 g/mol. The Bertz CT molecular complexity index is 503. The summed E-state index contributed by atoms with van der Waals surface area (Å²) >= 11 is 0. The van der Waals surface area contributed by atoms with Gasteiger partial charge in [0.05, 0.1) is 6.07 Å². The highest BCUT2D eigenvalue weighted by Crippen LogP contribution is 2.05. The second kappa shape index (κ2) is 5.77. The monoisotopic (exact) mass is 253 g/mol. The number of nitrogens with one attached hydrogen (secondary N) is 1. The molecule has 1 aromatic carbocycles. The molecule has 6 heteroatoms. The normalized spacial score (nSPS) is 13.0. The zero-order valence-electron chi connectivity index (χ0n) is 9.55. The van der Waals surface area contributed by atoms with Gasteiger partial charge in [-0.3, -0.25) is 0 Å². The summed E-state index contributed by atoms with van der Waals surface area (Å²) in [5.74, 6) is 0. The molecule has 0 aliphatic rings. The molecule has 3 N–H and O–H groups in total. The third-order valence-electron chi connectivity index (χ3n) is 2.38. The minimum Gasteiger partial charge on any atom is -0.326 e. The standard InChI is InChI=1S/C11H15N3O2S/c1-9(6-12)17(15,16)14-8-11-4-2-10(7-13)3-5-11/h2-5,9,14H,7-8,13H2,1H3. The lowest BCUT2D eigenvalue weighted by atomic mass is 10.1. The van der Waals surface area contributed by atoms with Crippen LogP contribution in [0.4, 0.5) is 0 Å². The van der Waals surface area contributed by atoms with Gasteiger partial charge in [0.2, 0.25) is 10.0 Å². The zero-order valence-corrected chi connectivity index (χ0v) is 10.4. The van der Waals surface area contributed by atoms with Crippen molar-refractivity contribution in [2.75, 3.05) is 0 Å². The van der Waals surface area contributed by atoms with E-state index < -0.39 is 15.3 Å². The number of sulfonamides is 1. The molecule has 0 aliphatic carbocycles. The van der Waals surface area contributed by atoms with Crippen molar-refractivity contribution in [1.29, 1.82) is 5.26 Å². The van der Waals surface area contributed by atoms with Gasteiger partial charge < -0.3 is 5.73 Å². The van der Waals surface area contributed by atoms with E-state index in [-0.39, 0.29) is 6.54 Å². The molecule has 1 atom stereocenters. The molecule has 0 saturated carbocycles. The Hall–Kier alpha value is -1.42. The highest BCUT2D eigenvalue weighted by Gasteiger charge is 2.19. The first kappa shape index (κ1) is 13.6. The lowest BCUT2D eigenvalue weighted by molar-refractivity contribution is 0.577. The van der Waals surface area contributed by atoms with Crippen LogP contribution in [0, 0.1) is 11.3 Å². The summed E-state index contributed by atoms with van der Waals surface area (Å²) in [5.41, 5.74) is 7.27. The molecule has 0 heterocycles. The van der Waals surface area contributed by atoms with E-state index in [1.54, 1.807) is 6.07 Å². The van der Waals surface area contributed by atoms with Crippen LogP contribution in [-0.2, 0) is 23.1 Å². The maximum Gasteiger partial charge on any atom is 0.227 e. The predicted octanol–water partition coefficient (Wildman–Crippen LogP) is 0.477. The van der Waals surface area contributed by atoms with Crippen LogP contribution in [0.2, 0.25) is 0 Å². The quantitative estimate of drug-likeness (QED) is 0.797. The van der Waals surface area contributed by atoms with Gasteiger partial charge in [-0.2, -0.15) is 5.26 Å². The van der Waals surface area contributed by atoms with Gasteiger partial charge in [-0.05, 0) is 18.1 Å². The Morgan fingerprint density at radius 3 is 2.35 bits per heavy atom. The van der Waals surface area contributed by atoms with Gasteiger partial charge in [0.25, 0.3) is 0 Å².